The van der Waals surface area contributed by atoms with Crippen LogP contribution in [0, 0.1) is 5.82 Å². The molecule has 3 rings (SSSR count). The second-order valence-corrected chi connectivity index (χ2v) is 6.82. The van der Waals surface area contributed by atoms with E-state index < -0.39 is 41.1 Å². The van der Waals surface area contributed by atoms with Gasteiger partial charge >= 0.3 is 12.2 Å². The number of hydrogen-bond donors (Lipinski definition) is 5. The van der Waals surface area contributed by atoms with Crippen LogP contribution in [-0.2, 0) is 11.0 Å². The first-order chi connectivity index (χ1) is 15.5. The summed E-state index contributed by atoms with van der Waals surface area (Å²) in [7, 11) is 0. The minimum absolute atomic E-state index is 0.0590. The largest absolute Gasteiger partial charge is 0.419 e. The van der Waals surface area contributed by atoms with Crippen molar-refractivity contribution < 1.29 is 31.9 Å². The van der Waals surface area contributed by atoms with E-state index in [9.17, 15) is 31.9 Å². The van der Waals surface area contributed by atoms with E-state index in [1.54, 1.807) is 0 Å². The number of rotatable bonds is 5. The van der Waals surface area contributed by atoms with Crippen LogP contribution in [0.2, 0.25) is 0 Å². The number of primary amides is 1. The Morgan fingerprint density at radius 3 is 2.21 bits per heavy atom. The van der Waals surface area contributed by atoms with Crippen LogP contribution in [0.5, 0.6) is 0 Å². The van der Waals surface area contributed by atoms with Crippen LogP contribution in [0.3, 0.4) is 0 Å². The maximum Gasteiger partial charge on any atom is 0.419 e. The lowest BCUT2D eigenvalue weighted by atomic mass is 10.0. The fourth-order valence-electron chi connectivity index (χ4n) is 3.05. The van der Waals surface area contributed by atoms with E-state index in [4.69, 9.17) is 5.73 Å². The summed E-state index contributed by atoms with van der Waals surface area (Å²) < 4.78 is 52.5. The van der Waals surface area contributed by atoms with Gasteiger partial charge in [-0.3, -0.25) is 9.59 Å². The molecule has 0 spiro atoms. The molecule has 1 heterocycles. The van der Waals surface area contributed by atoms with E-state index in [-0.39, 0.29) is 17.1 Å². The number of carbonyl (C=O) groups is 3. The molecule has 0 aliphatic carbocycles. The number of anilines is 3. The first-order valence-corrected chi connectivity index (χ1v) is 9.30. The van der Waals surface area contributed by atoms with E-state index in [1.807, 2.05) is 5.32 Å². The van der Waals surface area contributed by atoms with Gasteiger partial charge < -0.3 is 26.7 Å². The van der Waals surface area contributed by atoms with Gasteiger partial charge in [0, 0.05) is 24.4 Å². The third kappa shape index (κ3) is 5.29. The summed E-state index contributed by atoms with van der Waals surface area (Å²) >= 11 is 0. The maximum absolute atomic E-state index is 14.1. The Hall–Kier alpha value is -4.35. The standard InChI is InChI=1S/C21H17F4N5O3/c1-10(31)28-19-16(18(26)32)13(9-27-19)11-5-7-12(8-6-11)29-20(33)30-15-4-2-3-14(17(15)22)21(23,24)25/h2-9,27H,1H3,(H2,26,32)(H,28,31)(H2,29,30,33). The second-order valence-electron chi connectivity index (χ2n) is 6.82. The quantitative estimate of drug-likeness (QED) is 0.356. The number of urea groups is 1. The summed E-state index contributed by atoms with van der Waals surface area (Å²) in [4.78, 5) is 38.0. The van der Waals surface area contributed by atoms with Crippen LogP contribution < -0.4 is 21.7 Å². The van der Waals surface area contributed by atoms with Crippen LogP contribution in [0.25, 0.3) is 11.1 Å². The van der Waals surface area contributed by atoms with E-state index in [0.717, 1.165) is 12.1 Å². The highest BCUT2D eigenvalue weighted by Gasteiger charge is 2.35. The van der Waals surface area contributed by atoms with Gasteiger partial charge in [-0.2, -0.15) is 13.2 Å². The van der Waals surface area contributed by atoms with Gasteiger partial charge in [0.05, 0.1) is 16.8 Å². The van der Waals surface area contributed by atoms with Crippen LogP contribution in [0.4, 0.5) is 39.5 Å². The molecule has 3 aromatic rings. The zero-order valence-electron chi connectivity index (χ0n) is 16.9. The lowest BCUT2D eigenvalue weighted by Gasteiger charge is -2.13. The highest BCUT2D eigenvalue weighted by Crippen LogP contribution is 2.34. The number of hydrogen-bond acceptors (Lipinski definition) is 3. The van der Waals surface area contributed by atoms with E-state index in [2.05, 4.69) is 15.6 Å². The van der Waals surface area contributed by atoms with Crippen molar-refractivity contribution in [2.45, 2.75) is 13.1 Å². The number of amides is 4. The molecule has 6 N–H and O–H groups in total. The minimum Gasteiger partial charge on any atom is -0.365 e. The van der Waals surface area contributed by atoms with Crippen molar-refractivity contribution in [3.05, 3.63) is 65.6 Å². The molecule has 8 nitrogen and oxygen atoms in total. The Balaban J connectivity index is 1.76. The van der Waals surface area contributed by atoms with E-state index in [1.165, 1.54) is 37.4 Å². The Morgan fingerprint density at radius 2 is 1.64 bits per heavy atom. The van der Waals surface area contributed by atoms with Gasteiger partial charge in [-0.15, -0.1) is 0 Å². The molecule has 0 aliphatic rings. The summed E-state index contributed by atoms with van der Waals surface area (Å²) in [5, 5.41) is 6.86. The van der Waals surface area contributed by atoms with Gasteiger partial charge in [-0.1, -0.05) is 18.2 Å². The fraction of sp³-hybridized carbons (Fsp3) is 0.0952. The topological polar surface area (TPSA) is 129 Å². The molecule has 4 amide bonds. The van der Waals surface area contributed by atoms with E-state index >= 15 is 0 Å². The summed E-state index contributed by atoms with van der Waals surface area (Å²) in [5.74, 6) is -2.65. The molecule has 0 saturated carbocycles. The molecule has 172 valence electrons. The molecule has 2 aromatic carbocycles. The highest BCUT2D eigenvalue weighted by molar-refractivity contribution is 6.07. The maximum atomic E-state index is 14.1. The molecule has 0 radical (unpaired) electrons. The number of nitrogens with two attached hydrogens (primary N) is 1. The average Bonchev–Trinajstić information content (AvgIpc) is 3.12. The molecule has 0 fully saturated rings. The molecule has 0 bridgehead atoms. The predicted molar refractivity (Wildman–Crippen MR) is 113 cm³/mol. The highest BCUT2D eigenvalue weighted by atomic mass is 19.4. The molecule has 0 saturated heterocycles. The minimum atomic E-state index is -4.91. The van der Waals surface area contributed by atoms with E-state index in [0.29, 0.717) is 17.2 Å². The van der Waals surface area contributed by atoms with Crippen LogP contribution in [0.1, 0.15) is 22.8 Å². The third-order valence-electron chi connectivity index (χ3n) is 4.43. The van der Waals surface area contributed by atoms with Crippen LogP contribution in [0.15, 0.2) is 48.7 Å². The number of halogens is 4. The first-order valence-electron chi connectivity index (χ1n) is 9.30. The van der Waals surface area contributed by atoms with Gasteiger partial charge in [0.15, 0.2) is 5.82 Å². The Bertz CT molecular complexity index is 1220. The molecule has 0 unspecified atom stereocenters. The molecule has 33 heavy (non-hydrogen) atoms. The fourth-order valence-corrected chi connectivity index (χ4v) is 3.05. The van der Waals surface area contributed by atoms with Gasteiger partial charge in [-0.05, 0) is 29.8 Å². The molecule has 12 heteroatoms. The van der Waals surface area contributed by atoms with Crippen molar-refractivity contribution in [3.8, 4) is 11.1 Å². The predicted octanol–water partition coefficient (Wildman–Crippen LogP) is 4.54. The number of aromatic nitrogens is 1. The third-order valence-corrected chi connectivity index (χ3v) is 4.43. The van der Waals surface area contributed by atoms with Gasteiger partial charge in [0.1, 0.15) is 5.82 Å². The number of benzene rings is 2. The number of alkyl halides is 3. The number of carbonyl (C=O) groups excluding carboxylic acids is 3. The second kappa shape index (κ2) is 9.02. The molecule has 0 aliphatic heterocycles. The van der Waals surface area contributed by atoms with Crippen LogP contribution in [-0.4, -0.2) is 22.8 Å². The van der Waals surface area contributed by atoms with Crippen molar-refractivity contribution in [3.63, 3.8) is 0 Å². The molecular formula is C21H17F4N5O3. The van der Waals surface area contributed by atoms with Crippen LogP contribution >= 0.6 is 0 Å². The SMILES string of the molecule is CC(=O)Nc1[nH]cc(-c2ccc(NC(=O)Nc3cccc(C(F)(F)F)c3F)cc2)c1C(N)=O. The smallest absolute Gasteiger partial charge is 0.365 e. The van der Waals surface area contributed by atoms with Crippen molar-refractivity contribution in [2.75, 3.05) is 16.0 Å². The Morgan fingerprint density at radius 1 is 0.970 bits per heavy atom. The zero-order valence-corrected chi connectivity index (χ0v) is 16.9. The lowest BCUT2D eigenvalue weighted by molar-refractivity contribution is -0.139. The summed E-state index contributed by atoms with van der Waals surface area (Å²) in [5.41, 5.74) is 4.49. The monoisotopic (exact) mass is 463 g/mol. The Labute approximate surface area is 184 Å². The van der Waals surface area contributed by atoms with Crippen molar-refractivity contribution in [1.82, 2.24) is 4.98 Å². The normalized spacial score (nSPS) is 11.1. The Kier molecular flexibility index (Phi) is 6.38. The number of aromatic amines is 1. The number of H-pyrrole nitrogens is 1. The molecule has 1 aromatic heterocycles. The lowest BCUT2D eigenvalue weighted by Crippen LogP contribution is -2.21. The van der Waals surface area contributed by atoms with Gasteiger partial charge in [0.2, 0.25) is 5.91 Å². The molecule has 0 atom stereocenters. The summed E-state index contributed by atoms with van der Waals surface area (Å²) in [6.45, 7) is 1.27. The van der Waals surface area contributed by atoms with Crippen molar-refractivity contribution in [2.24, 2.45) is 5.73 Å². The van der Waals surface area contributed by atoms with Gasteiger partial charge in [-0.25, -0.2) is 9.18 Å². The van der Waals surface area contributed by atoms with Gasteiger partial charge in [0.25, 0.3) is 5.91 Å². The average molecular weight is 463 g/mol. The summed E-state index contributed by atoms with van der Waals surface area (Å²) in [6.07, 6.45) is -3.44. The zero-order chi connectivity index (χ0) is 24.3. The summed E-state index contributed by atoms with van der Waals surface area (Å²) in [6, 6.07) is 7.54. The molecular weight excluding hydrogens is 446 g/mol. The first kappa shape index (κ1) is 23.3. The van der Waals surface area contributed by atoms with Crippen molar-refractivity contribution in [1.29, 1.82) is 0 Å². The van der Waals surface area contributed by atoms with Crippen molar-refractivity contribution >= 4 is 35.0 Å². The number of nitrogens with one attached hydrogen (secondary N) is 4.